The van der Waals surface area contributed by atoms with Crippen molar-refractivity contribution in [3.05, 3.63) is 29.5 Å². The summed E-state index contributed by atoms with van der Waals surface area (Å²) in [6, 6.07) is 1.91. The van der Waals surface area contributed by atoms with E-state index in [-0.39, 0.29) is 0 Å². The van der Waals surface area contributed by atoms with Gasteiger partial charge < -0.3 is 5.73 Å². The van der Waals surface area contributed by atoms with Gasteiger partial charge in [0.1, 0.15) is 0 Å². The van der Waals surface area contributed by atoms with E-state index >= 15 is 0 Å². The fourth-order valence-corrected chi connectivity index (χ4v) is 2.96. The van der Waals surface area contributed by atoms with Crippen molar-refractivity contribution in [2.75, 3.05) is 5.73 Å². The number of hydrogen-bond acceptors (Lipinski definition) is 5. The lowest BCUT2D eigenvalue weighted by molar-refractivity contribution is 1.02. The van der Waals surface area contributed by atoms with Gasteiger partial charge in [-0.1, -0.05) is 18.7 Å². The number of hydrogen-bond donors (Lipinski definition) is 1. The molecule has 0 aliphatic carbocycles. The molecule has 2 heterocycles. The molecule has 2 aromatic rings. The van der Waals surface area contributed by atoms with Gasteiger partial charge in [0.15, 0.2) is 4.34 Å². The Morgan fingerprint density at radius 1 is 1.53 bits per heavy atom. The fourth-order valence-electron chi connectivity index (χ4n) is 1.08. The number of aromatic nitrogens is 2. The highest BCUT2D eigenvalue weighted by Crippen LogP contribution is 2.33. The number of pyridine rings is 1. The normalized spacial score (nSPS) is 10.5. The van der Waals surface area contributed by atoms with Crippen LogP contribution in [-0.4, -0.2) is 9.97 Å². The molecule has 0 atom stereocenters. The summed E-state index contributed by atoms with van der Waals surface area (Å²) >= 11 is 3.25. The third kappa shape index (κ3) is 2.49. The number of nitrogens with zero attached hydrogens (tertiary/aromatic N) is 2. The van der Waals surface area contributed by atoms with Crippen LogP contribution < -0.4 is 5.73 Å². The fraction of sp³-hybridized carbons (Fsp3) is 0.200. The van der Waals surface area contributed by atoms with Crippen LogP contribution in [0, 0.1) is 0 Å². The molecule has 0 radical (unpaired) electrons. The van der Waals surface area contributed by atoms with E-state index in [0.29, 0.717) is 5.69 Å². The molecule has 0 bridgehead atoms. The summed E-state index contributed by atoms with van der Waals surface area (Å²) in [6.07, 6.45) is 4.38. The van der Waals surface area contributed by atoms with Crippen molar-refractivity contribution in [1.29, 1.82) is 0 Å². The molecule has 0 aliphatic heterocycles. The predicted molar refractivity (Wildman–Crippen MR) is 64.3 cm³/mol. The third-order valence-electron chi connectivity index (χ3n) is 1.90. The highest BCUT2D eigenvalue weighted by atomic mass is 32.2. The van der Waals surface area contributed by atoms with Gasteiger partial charge in [-0.05, 0) is 12.5 Å². The molecule has 0 aromatic carbocycles. The van der Waals surface area contributed by atoms with Crippen LogP contribution in [0.25, 0.3) is 0 Å². The highest BCUT2D eigenvalue weighted by Gasteiger charge is 2.05. The van der Waals surface area contributed by atoms with Crippen molar-refractivity contribution in [1.82, 2.24) is 9.97 Å². The van der Waals surface area contributed by atoms with Gasteiger partial charge in [-0.2, -0.15) is 0 Å². The summed E-state index contributed by atoms with van der Waals surface area (Å²) in [4.78, 5) is 9.44. The molecule has 0 spiro atoms. The largest absolute Gasteiger partial charge is 0.397 e. The van der Waals surface area contributed by atoms with Crippen molar-refractivity contribution in [2.45, 2.75) is 22.6 Å². The molecule has 2 rings (SSSR count). The molecule has 15 heavy (non-hydrogen) atoms. The number of rotatable bonds is 3. The summed E-state index contributed by atoms with van der Waals surface area (Å²) in [7, 11) is 0. The molecule has 0 aliphatic rings. The van der Waals surface area contributed by atoms with E-state index in [1.807, 2.05) is 6.07 Å². The van der Waals surface area contributed by atoms with E-state index in [1.54, 1.807) is 35.5 Å². The van der Waals surface area contributed by atoms with E-state index in [1.165, 1.54) is 0 Å². The molecule has 0 fully saturated rings. The maximum Gasteiger partial charge on any atom is 0.154 e. The Morgan fingerprint density at radius 3 is 3.07 bits per heavy atom. The number of anilines is 1. The minimum absolute atomic E-state index is 0.704. The van der Waals surface area contributed by atoms with Crippen molar-refractivity contribution in [3.63, 3.8) is 0 Å². The summed E-state index contributed by atoms with van der Waals surface area (Å²) < 4.78 is 1.03. The maximum atomic E-state index is 5.80. The Balaban J connectivity index is 2.18. The Labute approximate surface area is 96.8 Å². The van der Waals surface area contributed by atoms with Crippen LogP contribution >= 0.6 is 23.1 Å². The van der Waals surface area contributed by atoms with E-state index in [0.717, 1.165) is 21.3 Å². The standard InChI is InChI=1S/C10H11N3S2/c1-2-7-6-14-10(13-7)15-9-3-4-12-5-8(9)11/h3-6H,2,11H2,1H3. The van der Waals surface area contributed by atoms with Crippen LogP contribution in [0.15, 0.2) is 33.1 Å². The molecular formula is C10H11N3S2. The molecule has 0 saturated heterocycles. The first-order valence-electron chi connectivity index (χ1n) is 4.61. The molecule has 0 unspecified atom stereocenters. The van der Waals surface area contributed by atoms with E-state index < -0.39 is 0 Å². The molecular weight excluding hydrogens is 226 g/mol. The monoisotopic (exact) mass is 237 g/mol. The molecule has 3 nitrogen and oxygen atoms in total. The van der Waals surface area contributed by atoms with Crippen molar-refractivity contribution < 1.29 is 0 Å². The Bertz CT molecular complexity index is 453. The zero-order valence-electron chi connectivity index (χ0n) is 8.30. The van der Waals surface area contributed by atoms with E-state index in [4.69, 9.17) is 5.73 Å². The topological polar surface area (TPSA) is 51.8 Å². The second-order valence-electron chi connectivity index (χ2n) is 2.97. The number of thiazole rings is 1. The average Bonchev–Trinajstić information content (AvgIpc) is 2.69. The van der Waals surface area contributed by atoms with Crippen LogP contribution in [0.3, 0.4) is 0 Å². The first-order chi connectivity index (χ1) is 7.29. The van der Waals surface area contributed by atoms with Crippen molar-refractivity contribution in [2.24, 2.45) is 0 Å². The van der Waals surface area contributed by atoms with Gasteiger partial charge in [-0.15, -0.1) is 11.3 Å². The smallest absolute Gasteiger partial charge is 0.154 e. The second kappa shape index (κ2) is 4.63. The first-order valence-corrected chi connectivity index (χ1v) is 6.31. The van der Waals surface area contributed by atoms with Crippen molar-refractivity contribution >= 4 is 28.8 Å². The average molecular weight is 237 g/mol. The van der Waals surface area contributed by atoms with E-state index in [9.17, 15) is 0 Å². The Kier molecular flexibility index (Phi) is 3.23. The van der Waals surface area contributed by atoms with E-state index in [2.05, 4.69) is 22.3 Å². The zero-order chi connectivity index (χ0) is 10.7. The van der Waals surface area contributed by atoms with Gasteiger partial charge in [0.25, 0.3) is 0 Å². The Morgan fingerprint density at radius 2 is 2.40 bits per heavy atom. The predicted octanol–water partition coefficient (Wildman–Crippen LogP) is 2.83. The zero-order valence-corrected chi connectivity index (χ0v) is 9.94. The van der Waals surface area contributed by atoms with Crippen LogP contribution in [-0.2, 0) is 6.42 Å². The van der Waals surface area contributed by atoms with Gasteiger partial charge >= 0.3 is 0 Å². The van der Waals surface area contributed by atoms with Crippen LogP contribution in [0.1, 0.15) is 12.6 Å². The molecule has 2 N–H and O–H groups in total. The SMILES string of the molecule is CCc1csc(Sc2ccncc2N)n1. The minimum atomic E-state index is 0.704. The summed E-state index contributed by atoms with van der Waals surface area (Å²) in [5.41, 5.74) is 7.64. The first kappa shape index (κ1) is 10.4. The summed E-state index contributed by atoms with van der Waals surface area (Å²) in [5.74, 6) is 0. The van der Waals surface area contributed by atoms with Gasteiger partial charge in [-0.25, -0.2) is 4.98 Å². The third-order valence-corrected chi connectivity index (χ3v) is 3.98. The lowest BCUT2D eigenvalue weighted by Crippen LogP contribution is -1.88. The quantitative estimate of drug-likeness (QED) is 0.892. The molecule has 2 aromatic heterocycles. The molecule has 5 heteroatoms. The summed E-state index contributed by atoms with van der Waals surface area (Å²) in [5, 5.41) is 2.08. The highest BCUT2D eigenvalue weighted by molar-refractivity contribution is 8.01. The second-order valence-corrected chi connectivity index (χ2v) is 5.12. The lowest BCUT2D eigenvalue weighted by Gasteiger charge is -2.00. The lowest BCUT2D eigenvalue weighted by atomic mass is 10.4. The minimum Gasteiger partial charge on any atom is -0.397 e. The van der Waals surface area contributed by atoms with Gasteiger partial charge in [0.05, 0.1) is 17.6 Å². The van der Waals surface area contributed by atoms with Gasteiger partial charge in [-0.3, -0.25) is 4.98 Å². The van der Waals surface area contributed by atoms with Gasteiger partial charge in [0, 0.05) is 16.5 Å². The van der Waals surface area contributed by atoms with Crippen LogP contribution in [0.5, 0.6) is 0 Å². The Hall–Kier alpha value is -1.07. The number of aryl methyl sites for hydroxylation is 1. The molecule has 0 saturated carbocycles. The van der Waals surface area contributed by atoms with Crippen LogP contribution in [0.2, 0.25) is 0 Å². The molecule has 78 valence electrons. The van der Waals surface area contributed by atoms with Crippen LogP contribution in [0.4, 0.5) is 5.69 Å². The number of nitrogen functional groups attached to an aromatic ring is 1. The summed E-state index contributed by atoms with van der Waals surface area (Å²) in [6.45, 7) is 2.10. The molecule has 0 amide bonds. The van der Waals surface area contributed by atoms with Gasteiger partial charge in [0.2, 0.25) is 0 Å². The maximum absolute atomic E-state index is 5.80. The number of nitrogens with two attached hydrogens (primary N) is 1. The van der Waals surface area contributed by atoms with Crippen molar-refractivity contribution in [3.8, 4) is 0 Å².